The third kappa shape index (κ3) is 4.59. The first-order chi connectivity index (χ1) is 10.7. The minimum atomic E-state index is -0.511. The molecular formula is C16H27N3O4. The van der Waals surface area contributed by atoms with Crippen molar-refractivity contribution in [3.05, 3.63) is 0 Å². The second-order valence-electron chi connectivity index (χ2n) is 7.40. The second kappa shape index (κ2) is 6.76. The normalized spacial score (nSPS) is 26.1. The molecule has 0 saturated carbocycles. The number of nitrogens with zero attached hydrogens (tertiary/aromatic N) is 2. The summed E-state index contributed by atoms with van der Waals surface area (Å²) in [6, 6.07) is 0.0688. The molecule has 3 amide bonds. The number of ether oxygens (including phenoxy) is 1. The van der Waals surface area contributed by atoms with E-state index < -0.39 is 11.5 Å². The molecule has 0 aromatic heterocycles. The predicted molar refractivity (Wildman–Crippen MR) is 84.5 cm³/mol. The molecule has 0 spiro atoms. The highest BCUT2D eigenvalue weighted by Gasteiger charge is 2.38. The van der Waals surface area contributed by atoms with Crippen LogP contribution in [0.5, 0.6) is 0 Å². The number of carbonyl (C=O) groups is 3. The van der Waals surface area contributed by atoms with Crippen LogP contribution in [0.3, 0.4) is 0 Å². The highest BCUT2D eigenvalue weighted by Crippen LogP contribution is 2.26. The Bertz CT molecular complexity index is 486. The van der Waals surface area contributed by atoms with Crippen LogP contribution in [0, 0.1) is 5.92 Å². The summed E-state index contributed by atoms with van der Waals surface area (Å²) >= 11 is 0. The topological polar surface area (TPSA) is 92.9 Å². The molecule has 2 N–H and O–H groups in total. The van der Waals surface area contributed by atoms with Gasteiger partial charge in [0.2, 0.25) is 11.8 Å². The van der Waals surface area contributed by atoms with Gasteiger partial charge in [-0.1, -0.05) is 0 Å². The lowest BCUT2D eigenvalue weighted by atomic mass is 10.1. The number of likely N-dealkylation sites (tertiary alicyclic amines) is 2. The average molecular weight is 325 g/mol. The molecule has 0 radical (unpaired) electrons. The number of hydrogen-bond donors (Lipinski definition) is 1. The monoisotopic (exact) mass is 325 g/mol. The van der Waals surface area contributed by atoms with E-state index in [0.29, 0.717) is 26.1 Å². The Morgan fingerprint density at radius 2 is 1.91 bits per heavy atom. The fourth-order valence-corrected chi connectivity index (χ4v) is 3.17. The molecule has 0 aromatic rings. The van der Waals surface area contributed by atoms with E-state index in [9.17, 15) is 14.4 Å². The number of rotatable bonds is 2. The van der Waals surface area contributed by atoms with Crippen molar-refractivity contribution in [2.45, 2.75) is 58.1 Å². The van der Waals surface area contributed by atoms with E-state index in [1.54, 1.807) is 9.80 Å². The molecule has 2 unspecified atom stereocenters. The molecule has 0 bridgehead atoms. The van der Waals surface area contributed by atoms with E-state index in [1.165, 1.54) is 0 Å². The number of carbonyl (C=O) groups excluding carboxylic acids is 3. The number of nitrogens with two attached hydrogens (primary N) is 1. The van der Waals surface area contributed by atoms with E-state index in [1.807, 2.05) is 20.8 Å². The Hall–Kier alpha value is -1.79. The molecule has 130 valence electrons. The van der Waals surface area contributed by atoms with Crippen molar-refractivity contribution in [3.8, 4) is 0 Å². The van der Waals surface area contributed by atoms with Crippen LogP contribution in [-0.4, -0.2) is 59.0 Å². The Balaban J connectivity index is 1.92. The second-order valence-corrected chi connectivity index (χ2v) is 7.40. The molecule has 7 nitrogen and oxygen atoms in total. The highest BCUT2D eigenvalue weighted by molar-refractivity contribution is 5.88. The maximum atomic E-state index is 12.2. The minimum Gasteiger partial charge on any atom is -0.444 e. The van der Waals surface area contributed by atoms with Crippen molar-refractivity contribution in [1.82, 2.24) is 9.80 Å². The molecular weight excluding hydrogens is 298 g/mol. The lowest BCUT2D eigenvalue weighted by Gasteiger charge is -2.28. The minimum absolute atomic E-state index is 0.00971. The molecule has 2 aliphatic rings. The molecule has 2 saturated heterocycles. The van der Waals surface area contributed by atoms with Crippen LogP contribution in [0.1, 0.15) is 46.5 Å². The van der Waals surface area contributed by atoms with E-state index >= 15 is 0 Å². The first-order valence-corrected chi connectivity index (χ1v) is 8.24. The predicted octanol–water partition coefficient (Wildman–Crippen LogP) is 1.11. The van der Waals surface area contributed by atoms with Crippen LogP contribution in [0.15, 0.2) is 0 Å². The van der Waals surface area contributed by atoms with Gasteiger partial charge < -0.3 is 20.3 Å². The van der Waals surface area contributed by atoms with Gasteiger partial charge in [0.25, 0.3) is 0 Å². The zero-order valence-corrected chi connectivity index (χ0v) is 14.2. The van der Waals surface area contributed by atoms with E-state index in [2.05, 4.69) is 0 Å². The van der Waals surface area contributed by atoms with Crippen molar-refractivity contribution in [1.29, 1.82) is 0 Å². The van der Waals surface area contributed by atoms with Gasteiger partial charge in [-0.3, -0.25) is 9.59 Å². The Morgan fingerprint density at radius 1 is 1.22 bits per heavy atom. The molecule has 2 heterocycles. The molecule has 7 heteroatoms. The van der Waals surface area contributed by atoms with Gasteiger partial charge in [0, 0.05) is 32.1 Å². The Labute approximate surface area is 137 Å². The SMILES string of the molecule is CC(C)(C)OC(=O)N1CCCC(N2CC(C(N)=O)CC2=O)CC1. The molecule has 2 fully saturated rings. The molecule has 2 aliphatic heterocycles. The van der Waals surface area contributed by atoms with Crippen LogP contribution in [0.25, 0.3) is 0 Å². The number of hydrogen-bond acceptors (Lipinski definition) is 4. The van der Waals surface area contributed by atoms with Gasteiger partial charge in [0.1, 0.15) is 5.60 Å². The standard InChI is InChI=1S/C16H27N3O4/c1-16(2,3)23-15(22)18-7-4-5-12(6-8-18)19-10-11(14(17)21)9-13(19)20/h11-12H,4-10H2,1-3H3,(H2,17,21). The fourth-order valence-electron chi connectivity index (χ4n) is 3.17. The van der Waals surface area contributed by atoms with Crippen molar-refractivity contribution in [3.63, 3.8) is 0 Å². The summed E-state index contributed by atoms with van der Waals surface area (Å²) in [5.74, 6) is -0.804. The van der Waals surface area contributed by atoms with Crippen LogP contribution in [0.4, 0.5) is 4.79 Å². The smallest absolute Gasteiger partial charge is 0.410 e. The summed E-state index contributed by atoms with van der Waals surface area (Å²) in [7, 11) is 0. The van der Waals surface area contributed by atoms with E-state index in [4.69, 9.17) is 10.5 Å². The third-order valence-corrected chi connectivity index (χ3v) is 4.35. The first-order valence-electron chi connectivity index (χ1n) is 8.24. The van der Waals surface area contributed by atoms with Crippen LogP contribution >= 0.6 is 0 Å². The number of primary amides is 1. The van der Waals surface area contributed by atoms with Crippen molar-refractivity contribution >= 4 is 17.9 Å². The van der Waals surface area contributed by atoms with E-state index in [0.717, 1.165) is 12.8 Å². The Kier molecular flexibility index (Phi) is 5.16. The zero-order chi connectivity index (χ0) is 17.2. The summed E-state index contributed by atoms with van der Waals surface area (Å²) in [6.45, 7) is 7.14. The average Bonchev–Trinajstić information content (AvgIpc) is 2.67. The lowest BCUT2D eigenvalue weighted by Crippen LogP contribution is -2.40. The maximum Gasteiger partial charge on any atom is 0.410 e. The molecule has 0 aliphatic carbocycles. The molecule has 2 atom stereocenters. The van der Waals surface area contributed by atoms with Crippen LogP contribution in [0.2, 0.25) is 0 Å². The van der Waals surface area contributed by atoms with Gasteiger partial charge >= 0.3 is 6.09 Å². The van der Waals surface area contributed by atoms with Gasteiger partial charge in [-0.2, -0.15) is 0 Å². The maximum absolute atomic E-state index is 12.2. The van der Waals surface area contributed by atoms with Crippen LogP contribution < -0.4 is 5.73 Å². The zero-order valence-electron chi connectivity index (χ0n) is 14.2. The summed E-state index contributed by atoms with van der Waals surface area (Å²) in [5.41, 5.74) is 4.80. The largest absolute Gasteiger partial charge is 0.444 e. The van der Waals surface area contributed by atoms with Crippen molar-refractivity contribution < 1.29 is 19.1 Å². The summed E-state index contributed by atoms with van der Waals surface area (Å²) < 4.78 is 5.41. The lowest BCUT2D eigenvalue weighted by molar-refractivity contribution is -0.130. The van der Waals surface area contributed by atoms with Gasteiger partial charge in [0.05, 0.1) is 5.92 Å². The van der Waals surface area contributed by atoms with Gasteiger partial charge in [-0.15, -0.1) is 0 Å². The number of amides is 3. The van der Waals surface area contributed by atoms with Crippen LogP contribution in [-0.2, 0) is 14.3 Å². The summed E-state index contributed by atoms with van der Waals surface area (Å²) in [5, 5.41) is 0. The third-order valence-electron chi connectivity index (χ3n) is 4.35. The van der Waals surface area contributed by atoms with Crippen molar-refractivity contribution in [2.24, 2.45) is 11.7 Å². The molecule has 23 heavy (non-hydrogen) atoms. The van der Waals surface area contributed by atoms with Gasteiger partial charge in [0.15, 0.2) is 0 Å². The highest BCUT2D eigenvalue weighted by atomic mass is 16.6. The van der Waals surface area contributed by atoms with E-state index in [-0.39, 0.29) is 30.4 Å². The van der Waals surface area contributed by atoms with Gasteiger partial charge in [-0.25, -0.2) is 4.79 Å². The first kappa shape index (κ1) is 17.6. The Morgan fingerprint density at radius 3 is 2.48 bits per heavy atom. The summed E-state index contributed by atoms with van der Waals surface area (Å²) in [4.78, 5) is 39.0. The molecule has 0 aromatic carbocycles. The van der Waals surface area contributed by atoms with Gasteiger partial charge in [-0.05, 0) is 40.0 Å². The fraction of sp³-hybridized carbons (Fsp3) is 0.812. The molecule has 2 rings (SSSR count). The summed E-state index contributed by atoms with van der Waals surface area (Å²) in [6.07, 6.45) is 2.25. The van der Waals surface area contributed by atoms with Crippen molar-refractivity contribution in [2.75, 3.05) is 19.6 Å². The quantitative estimate of drug-likeness (QED) is 0.823.